The van der Waals surface area contributed by atoms with Crippen LogP contribution in [0.1, 0.15) is 54.0 Å². The summed E-state index contributed by atoms with van der Waals surface area (Å²) >= 11 is 0. The van der Waals surface area contributed by atoms with Gasteiger partial charge in [-0.2, -0.15) is 4.99 Å². The number of hydrogen-bond acceptors (Lipinski definition) is 10. The topological polar surface area (TPSA) is 192 Å². The number of pyridine rings is 1. The highest BCUT2D eigenvalue weighted by Crippen LogP contribution is 2.22. The van der Waals surface area contributed by atoms with Crippen LogP contribution < -0.4 is 21.3 Å². The predicted molar refractivity (Wildman–Crippen MR) is 204 cm³/mol. The molecular formula is C39H42N8O7. The maximum atomic E-state index is 13.7. The quantitative estimate of drug-likeness (QED) is 0.0481. The molecule has 15 nitrogen and oxygen atoms in total. The second-order valence-corrected chi connectivity index (χ2v) is 11.9. The molecule has 0 atom stereocenters. The summed E-state index contributed by atoms with van der Waals surface area (Å²) in [6, 6.07) is 24.4. The fourth-order valence-electron chi connectivity index (χ4n) is 5.28. The number of imidazole rings is 1. The van der Waals surface area contributed by atoms with Crippen molar-refractivity contribution >= 4 is 58.1 Å². The number of amides is 3. The molecule has 0 aliphatic carbocycles. The number of nitrogens with zero attached hydrogens (tertiary/aromatic N) is 5. The third-order valence-corrected chi connectivity index (χ3v) is 8.08. The van der Waals surface area contributed by atoms with Crippen LogP contribution in [0.4, 0.5) is 26.8 Å². The number of fused-ring (bicyclic) bond motifs is 1. The summed E-state index contributed by atoms with van der Waals surface area (Å²) < 4.78 is 17.2. The van der Waals surface area contributed by atoms with Crippen molar-refractivity contribution in [3.8, 4) is 0 Å². The Morgan fingerprint density at radius 2 is 1.63 bits per heavy atom. The third kappa shape index (κ3) is 10.4. The summed E-state index contributed by atoms with van der Waals surface area (Å²) in [5.74, 6) is 0.450. The Kier molecular flexibility index (Phi) is 13.3. The van der Waals surface area contributed by atoms with E-state index in [1.54, 1.807) is 92.0 Å². The van der Waals surface area contributed by atoms with E-state index < -0.39 is 18.2 Å². The van der Waals surface area contributed by atoms with Crippen LogP contribution in [0.25, 0.3) is 11.0 Å². The minimum atomic E-state index is -0.840. The lowest BCUT2D eigenvalue weighted by molar-refractivity contribution is -0.142. The first-order chi connectivity index (χ1) is 26.1. The standard InChI is InChI=1S/C39H42N8O7/c1-4-22-53-38(50)43-30-14-9-26(10-15-30)25-54-39(51)45-36(40)27-11-16-29(17-12-27)42-24-34-44-31-23-28(13-18-32(31)46(34)3)37(49)47(21-19-35(48)52-5-2)33-8-6-7-20-41-33/h6-18,20,23,42H,4-5,19,21-22,24-25H2,1-3H3,(H,43,50)(H2,40,45,51). The Hall–Kier alpha value is -6.77. The van der Waals surface area contributed by atoms with Crippen LogP contribution in [0.3, 0.4) is 0 Å². The lowest BCUT2D eigenvalue weighted by Gasteiger charge is -2.21. The van der Waals surface area contributed by atoms with Gasteiger partial charge in [-0.3, -0.25) is 19.8 Å². The first-order valence-corrected chi connectivity index (χ1v) is 17.4. The van der Waals surface area contributed by atoms with Crippen molar-refractivity contribution in [3.05, 3.63) is 114 Å². The number of ether oxygens (including phenoxy) is 3. The Morgan fingerprint density at radius 1 is 0.889 bits per heavy atom. The van der Waals surface area contributed by atoms with Gasteiger partial charge in [-0.25, -0.2) is 19.6 Å². The van der Waals surface area contributed by atoms with Gasteiger partial charge in [0.05, 0.1) is 37.2 Å². The van der Waals surface area contributed by atoms with Gasteiger partial charge in [0, 0.05) is 42.3 Å². The zero-order chi connectivity index (χ0) is 38.5. The van der Waals surface area contributed by atoms with Crippen molar-refractivity contribution in [3.63, 3.8) is 0 Å². The van der Waals surface area contributed by atoms with E-state index in [0.29, 0.717) is 46.9 Å². The molecule has 280 valence electrons. The predicted octanol–water partition coefficient (Wildman–Crippen LogP) is 6.18. The van der Waals surface area contributed by atoms with Crippen molar-refractivity contribution in [2.24, 2.45) is 17.8 Å². The van der Waals surface area contributed by atoms with Gasteiger partial charge in [-0.15, -0.1) is 0 Å². The van der Waals surface area contributed by atoms with Crippen molar-refractivity contribution in [1.29, 1.82) is 0 Å². The Labute approximate surface area is 312 Å². The number of rotatable bonds is 15. The number of aromatic nitrogens is 3. The van der Waals surface area contributed by atoms with Crippen LogP contribution in [-0.2, 0) is 39.2 Å². The number of carbonyl (C=O) groups excluding carboxylic acids is 4. The number of nitrogens with two attached hydrogens (primary N) is 1. The van der Waals surface area contributed by atoms with Gasteiger partial charge in [0.1, 0.15) is 24.1 Å². The van der Waals surface area contributed by atoms with Gasteiger partial charge < -0.3 is 29.8 Å². The normalized spacial score (nSPS) is 11.1. The monoisotopic (exact) mass is 734 g/mol. The summed E-state index contributed by atoms with van der Waals surface area (Å²) in [5.41, 5.74) is 10.5. The van der Waals surface area contributed by atoms with Gasteiger partial charge in [0.15, 0.2) is 0 Å². The average Bonchev–Trinajstić information content (AvgIpc) is 3.50. The molecule has 3 amide bonds. The molecular weight excluding hydrogens is 692 g/mol. The molecule has 15 heteroatoms. The number of anilines is 3. The highest BCUT2D eigenvalue weighted by Gasteiger charge is 2.21. The van der Waals surface area contributed by atoms with Crippen molar-refractivity contribution < 1.29 is 33.4 Å². The summed E-state index contributed by atoms with van der Waals surface area (Å²) in [6.45, 7) is 4.70. The highest BCUT2D eigenvalue weighted by molar-refractivity contribution is 6.07. The molecule has 5 aromatic rings. The molecule has 5 rings (SSSR count). The number of aliphatic imine (C=N–C) groups is 1. The molecule has 2 heterocycles. The van der Waals surface area contributed by atoms with Gasteiger partial charge in [-0.05, 0) is 85.6 Å². The molecule has 0 radical (unpaired) electrons. The maximum absolute atomic E-state index is 13.7. The zero-order valence-corrected chi connectivity index (χ0v) is 30.3. The molecule has 0 saturated carbocycles. The van der Waals surface area contributed by atoms with E-state index in [0.717, 1.165) is 23.4 Å². The SMILES string of the molecule is CCCOC(=O)Nc1ccc(COC(=O)/N=C(\N)c2ccc(NCc3nc4cc(C(=O)N(CCC(=O)OCC)c5ccccn5)ccc4n3C)cc2)cc1. The molecule has 0 aliphatic rings. The number of hydrogen-bond donors (Lipinski definition) is 3. The fourth-order valence-corrected chi connectivity index (χ4v) is 5.28. The summed E-state index contributed by atoms with van der Waals surface area (Å²) in [6.07, 6.45) is 0.974. The Morgan fingerprint density at radius 3 is 2.33 bits per heavy atom. The molecule has 3 aromatic carbocycles. The number of nitrogens with one attached hydrogen (secondary N) is 2. The molecule has 0 saturated heterocycles. The lowest BCUT2D eigenvalue weighted by Crippen LogP contribution is -2.34. The van der Waals surface area contributed by atoms with Gasteiger partial charge in [0.2, 0.25) is 0 Å². The highest BCUT2D eigenvalue weighted by atomic mass is 16.6. The van der Waals surface area contributed by atoms with Crippen molar-refractivity contribution in [2.75, 3.05) is 35.3 Å². The van der Waals surface area contributed by atoms with Gasteiger partial charge in [0.25, 0.3) is 5.91 Å². The fraction of sp³-hybridized carbons (Fsp3) is 0.256. The molecule has 0 bridgehead atoms. The molecule has 0 spiro atoms. The third-order valence-electron chi connectivity index (χ3n) is 8.08. The second-order valence-electron chi connectivity index (χ2n) is 11.9. The van der Waals surface area contributed by atoms with E-state index in [4.69, 9.17) is 24.9 Å². The van der Waals surface area contributed by atoms with Crippen LogP contribution in [0.5, 0.6) is 0 Å². The number of benzene rings is 3. The van der Waals surface area contributed by atoms with Crippen molar-refractivity contribution in [1.82, 2.24) is 14.5 Å². The average molecular weight is 735 g/mol. The molecule has 0 fully saturated rings. The Balaban J connectivity index is 1.16. The van der Waals surface area contributed by atoms with Crippen LogP contribution in [0.2, 0.25) is 0 Å². The number of carbonyl (C=O) groups is 4. The summed E-state index contributed by atoms with van der Waals surface area (Å²) in [7, 11) is 1.89. The van der Waals surface area contributed by atoms with Crippen LogP contribution in [0, 0.1) is 0 Å². The molecule has 0 unspecified atom stereocenters. The minimum absolute atomic E-state index is 0.0000972. The van der Waals surface area contributed by atoms with Crippen LogP contribution in [-0.4, -0.2) is 64.2 Å². The lowest BCUT2D eigenvalue weighted by atomic mass is 10.1. The Bertz CT molecular complexity index is 2100. The molecule has 0 aliphatic heterocycles. The van der Waals surface area contributed by atoms with E-state index in [9.17, 15) is 19.2 Å². The van der Waals surface area contributed by atoms with Crippen LogP contribution in [0.15, 0.2) is 96.1 Å². The smallest absolute Gasteiger partial charge is 0.435 e. The van der Waals surface area contributed by atoms with Crippen molar-refractivity contribution in [2.45, 2.75) is 39.8 Å². The molecule has 2 aromatic heterocycles. The number of amidine groups is 1. The van der Waals surface area contributed by atoms with E-state index in [-0.39, 0.29) is 37.9 Å². The van der Waals surface area contributed by atoms with E-state index >= 15 is 0 Å². The maximum Gasteiger partial charge on any atom is 0.435 e. The summed E-state index contributed by atoms with van der Waals surface area (Å²) in [5, 5.41) is 5.96. The first-order valence-electron chi connectivity index (χ1n) is 17.4. The van der Waals surface area contributed by atoms with E-state index in [1.807, 2.05) is 24.6 Å². The number of esters is 1. The van der Waals surface area contributed by atoms with E-state index in [2.05, 4.69) is 20.6 Å². The second kappa shape index (κ2) is 18.6. The zero-order valence-electron chi connectivity index (χ0n) is 30.3. The van der Waals surface area contributed by atoms with Gasteiger partial charge >= 0.3 is 18.2 Å². The van der Waals surface area contributed by atoms with Crippen LogP contribution >= 0.6 is 0 Å². The minimum Gasteiger partial charge on any atom is -0.466 e. The molecule has 4 N–H and O–H groups in total. The molecule has 54 heavy (non-hydrogen) atoms. The summed E-state index contributed by atoms with van der Waals surface area (Å²) in [4.78, 5) is 64.2. The number of aryl methyl sites for hydroxylation is 1. The van der Waals surface area contributed by atoms with Gasteiger partial charge in [-0.1, -0.05) is 25.1 Å². The first kappa shape index (κ1) is 38.5. The van der Waals surface area contributed by atoms with E-state index in [1.165, 1.54) is 4.90 Å². The largest absolute Gasteiger partial charge is 0.466 e.